The molecule has 0 bridgehead atoms. The number of nitrogens with one attached hydrogen (secondary N) is 1. The van der Waals surface area contributed by atoms with Gasteiger partial charge in [0.2, 0.25) is 0 Å². The van der Waals surface area contributed by atoms with Gasteiger partial charge in [-0.15, -0.1) is 0 Å². The molecule has 0 unspecified atom stereocenters. The van der Waals surface area contributed by atoms with Crippen molar-refractivity contribution >= 4 is 20.9 Å². The van der Waals surface area contributed by atoms with Crippen LogP contribution in [-0.2, 0) is 15.5 Å². The van der Waals surface area contributed by atoms with Gasteiger partial charge in [-0.25, -0.2) is 4.79 Å². The summed E-state index contributed by atoms with van der Waals surface area (Å²) in [5.74, 6) is 0.355. The summed E-state index contributed by atoms with van der Waals surface area (Å²) >= 11 is 0. The van der Waals surface area contributed by atoms with E-state index in [9.17, 15) is 26.8 Å². The summed E-state index contributed by atoms with van der Waals surface area (Å²) in [4.78, 5) is 26.4. The van der Waals surface area contributed by atoms with Crippen molar-refractivity contribution in [2.24, 2.45) is 0 Å². The van der Waals surface area contributed by atoms with Gasteiger partial charge in [-0.3, -0.25) is 14.3 Å². The van der Waals surface area contributed by atoms with Crippen LogP contribution in [0.2, 0.25) is 0 Å². The fraction of sp³-hybridized carbons (Fsp3) is 0.259. The van der Waals surface area contributed by atoms with E-state index in [2.05, 4.69) is 9.17 Å². The van der Waals surface area contributed by atoms with E-state index < -0.39 is 26.6 Å². The molecule has 0 aliphatic heterocycles. The molecule has 0 fully saturated rings. The predicted molar refractivity (Wildman–Crippen MR) is 141 cm³/mol. The average Bonchev–Trinajstić information content (AvgIpc) is 2.81. The van der Waals surface area contributed by atoms with E-state index in [1.54, 1.807) is 31.4 Å². The van der Waals surface area contributed by atoms with Crippen LogP contribution in [0.5, 0.6) is 11.5 Å². The minimum absolute atomic E-state index is 0.237. The lowest BCUT2D eigenvalue weighted by atomic mass is 9.83. The largest absolute Gasteiger partial charge is 0.496 e. The number of aromatic nitrogens is 2. The molecule has 1 aromatic heterocycles. The molecule has 0 aliphatic carbocycles. The van der Waals surface area contributed by atoms with E-state index in [0.717, 1.165) is 11.1 Å². The van der Waals surface area contributed by atoms with Crippen molar-refractivity contribution in [3.05, 3.63) is 87.2 Å². The summed E-state index contributed by atoms with van der Waals surface area (Å²) in [6.45, 7) is 6.27. The second-order valence-electron chi connectivity index (χ2n) is 9.87. The Labute approximate surface area is 217 Å². The second-order valence-corrected chi connectivity index (χ2v) is 11.7. The molecular formula is C27H26F2N2O6S. The van der Waals surface area contributed by atoms with E-state index >= 15 is 0 Å². The molecule has 0 radical (unpaired) electrons. The lowest BCUT2D eigenvalue weighted by Gasteiger charge is -2.25. The molecule has 38 heavy (non-hydrogen) atoms. The molecule has 8 nitrogen and oxygen atoms in total. The number of rotatable bonds is 6. The molecule has 0 aliphatic rings. The smallest absolute Gasteiger partial charge is 0.377 e. The maximum absolute atomic E-state index is 13.4. The molecule has 0 atom stereocenters. The number of aromatic amines is 1. The van der Waals surface area contributed by atoms with Crippen LogP contribution in [0, 0.1) is 0 Å². The third-order valence-electron chi connectivity index (χ3n) is 5.96. The second kappa shape index (κ2) is 9.39. The number of H-pyrrole nitrogens is 1. The molecule has 0 spiro atoms. The fourth-order valence-corrected chi connectivity index (χ4v) is 4.51. The van der Waals surface area contributed by atoms with Crippen molar-refractivity contribution in [1.29, 1.82) is 0 Å². The van der Waals surface area contributed by atoms with Crippen molar-refractivity contribution in [2.45, 2.75) is 38.4 Å². The normalized spacial score (nSPS) is 12.5. The van der Waals surface area contributed by atoms with Gasteiger partial charge in [0, 0.05) is 30.3 Å². The summed E-state index contributed by atoms with van der Waals surface area (Å²) in [7, 11) is -3.59. The molecule has 4 aromatic rings. The average molecular weight is 545 g/mol. The van der Waals surface area contributed by atoms with E-state index in [0.29, 0.717) is 27.8 Å². The number of hydrogen-bond donors (Lipinski definition) is 1. The van der Waals surface area contributed by atoms with Crippen LogP contribution < -0.4 is 20.2 Å². The quantitative estimate of drug-likeness (QED) is 0.344. The van der Waals surface area contributed by atoms with E-state index in [1.165, 1.54) is 29.0 Å². The van der Waals surface area contributed by atoms with Crippen LogP contribution in [0.25, 0.3) is 27.6 Å². The number of hydrogen-bond acceptors (Lipinski definition) is 6. The number of benzene rings is 3. The Balaban J connectivity index is 1.88. The van der Waals surface area contributed by atoms with Crippen molar-refractivity contribution in [3.63, 3.8) is 0 Å². The predicted octanol–water partition coefficient (Wildman–Crippen LogP) is 4.97. The number of nitrogens with zero attached hydrogens (tertiary/aromatic N) is 1. The Morgan fingerprint density at radius 2 is 1.55 bits per heavy atom. The van der Waals surface area contributed by atoms with Crippen LogP contribution in [0.15, 0.2) is 70.4 Å². The van der Waals surface area contributed by atoms with Gasteiger partial charge in [0.25, 0.3) is 5.56 Å². The van der Waals surface area contributed by atoms with Crippen molar-refractivity contribution in [1.82, 2.24) is 9.55 Å². The fourth-order valence-electron chi connectivity index (χ4n) is 4.01. The van der Waals surface area contributed by atoms with Gasteiger partial charge in [0.15, 0.2) is 0 Å². The van der Waals surface area contributed by atoms with Crippen LogP contribution in [-0.4, -0.2) is 30.3 Å². The SMILES string of the molecule is COc1c(-c2ccc3cc(OS(=O)(=O)C(C)(F)F)ccc3c2)cc(-n2ccc(=O)[nH]c2=O)cc1C(C)(C)C. The number of fused-ring (bicyclic) bond motifs is 1. The molecule has 3 aromatic carbocycles. The molecule has 0 saturated heterocycles. The standard InChI is InChI=1S/C27H26F2N2O6S/c1-26(2,3)22-15-19(31-11-10-23(32)30-25(31)33)14-21(24(22)36-5)18-7-6-17-13-20(9-8-16(17)12-18)37-38(34,35)27(4,28)29/h6-15H,1-5H3,(H,30,32,33). The zero-order valence-electron chi connectivity index (χ0n) is 21.3. The number of alkyl halides is 2. The minimum atomic E-state index is -5.14. The lowest BCUT2D eigenvalue weighted by molar-refractivity contribution is 0.104. The Kier molecular flexibility index (Phi) is 6.69. The molecule has 1 N–H and O–H groups in total. The monoisotopic (exact) mass is 544 g/mol. The maximum Gasteiger partial charge on any atom is 0.377 e. The topological polar surface area (TPSA) is 107 Å². The first kappa shape index (κ1) is 27.1. The van der Waals surface area contributed by atoms with E-state index in [-0.39, 0.29) is 18.1 Å². The third kappa shape index (κ3) is 5.19. The van der Waals surface area contributed by atoms with Crippen molar-refractivity contribution in [2.75, 3.05) is 7.11 Å². The molecule has 200 valence electrons. The maximum atomic E-state index is 13.4. The zero-order chi connectivity index (χ0) is 28.0. The highest BCUT2D eigenvalue weighted by molar-refractivity contribution is 7.88. The van der Waals surface area contributed by atoms with E-state index in [4.69, 9.17) is 4.74 Å². The summed E-state index contributed by atoms with van der Waals surface area (Å²) < 4.78 is 62.0. The van der Waals surface area contributed by atoms with Crippen molar-refractivity contribution in [3.8, 4) is 28.3 Å². The van der Waals surface area contributed by atoms with Crippen LogP contribution in [0.4, 0.5) is 8.78 Å². The molecule has 4 rings (SSSR count). The van der Waals surface area contributed by atoms with Gasteiger partial charge in [-0.05, 0) is 52.1 Å². The summed E-state index contributed by atoms with van der Waals surface area (Å²) in [5.41, 5.74) is 1.25. The summed E-state index contributed by atoms with van der Waals surface area (Å²) in [6.07, 6.45) is 1.40. The first-order valence-electron chi connectivity index (χ1n) is 11.5. The Hall–Kier alpha value is -3.99. The number of methoxy groups -OCH3 is 1. The molecule has 0 saturated carbocycles. The van der Waals surface area contributed by atoms with E-state index in [1.807, 2.05) is 32.9 Å². The van der Waals surface area contributed by atoms with Gasteiger partial charge in [-0.1, -0.05) is 39.0 Å². The zero-order valence-corrected chi connectivity index (χ0v) is 22.2. The molecule has 11 heteroatoms. The molecule has 0 amide bonds. The molecule has 1 heterocycles. The molecular weight excluding hydrogens is 518 g/mol. The number of halogens is 2. The van der Waals surface area contributed by atoms with Gasteiger partial charge < -0.3 is 8.92 Å². The number of ether oxygens (including phenoxy) is 1. The van der Waals surface area contributed by atoms with Crippen LogP contribution in [0.3, 0.4) is 0 Å². The van der Waals surface area contributed by atoms with Gasteiger partial charge in [0.05, 0.1) is 12.8 Å². The van der Waals surface area contributed by atoms with Gasteiger partial charge in [-0.2, -0.15) is 17.2 Å². The summed E-state index contributed by atoms with van der Waals surface area (Å²) in [5, 5.41) is -2.81. The highest BCUT2D eigenvalue weighted by atomic mass is 32.2. The first-order chi connectivity index (χ1) is 17.6. The summed E-state index contributed by atoms with van der Waals surface area (Å²) in [6, 6.07) is 14.4. The highest BCUT2D eigenvalue weighted by Crippen LogP contribution is 2.42. The third-order valence-corrected chi connectivity index (χ3v) is 7.25. The minimum Gasteiger partial charge on any atom is -0.496 e. The van der Waals surface area contributed by atoms with Gasteiger partial charge in [0.1, 0.15) is 11.5 Å². The first-order valence-corrected chi connectivity index (χ1v) is 12.9. The van der Waals surface area contributed by atoms with Crippen LogP contribution >= 0.6 is 0 Å². The highest BCUT2D eigenvalue weighted by Gasteiger charge is 2.42. The Morgan fingerprint density at radius 1 is 0.895 bits per heavy atom. The Bertz CT molecular complexity index is 1760. The van der Waals surface area contributed by atoms with Crippen LogP contribution in [0.1, 0.15) is 33.3 Å². The van der Waals surface area contributed by atoms with Gasteiger partial charge >= 0.3 is 21.1 Å². The lowest BCUT2D eigenvalue weighted by Crippen LogP contribution is -2.29. The Morgan fingerprint density at radius 3 is 2.16 bits per heavy atom. The van der Waals surface area contributed by atoms with Crippen molar-refractivity contribution < 1.29 is 26.1 Å².